The lowest BCUT2D eigenvalue weighted by Crippen LogP contribution is -2.04. The van der Waals surface area contributed by atoms with E-state index in [9.17, 15) is 4.79 Å². The van der Waals surface area contributed by atoms with E-state index in [1.54, 1.807) is 12.4 Å². The Morgan fingerprint density at radius 3 is 2.29 bits per heavy atom. The van der Waals surface area contributed by atoms with E-state index in [0.717, 1.165) is 31.2 Å². The number of benzene rings is 1. The van der Waals surface area contributed by atoms with Gasteiger partial charge in [-0.25, -0.2) is 14.8 Å². The Hall–Kier alpha value is -2.49. The molecule has 0 bridgehead atoms. The molecule has 0 saturated heterocycles. The number of unbranched alkanes of at least 4 members (excludes halogenated alkanes) is 6. The van der Waals surface area contributed by atoms with Crippen LogP contribution < -0.4 is 4.74 Å². The van der Waals surface area contributed by atoms with Crippen LogP contribution in [0.3, 0.4) is 0 Å². The smallest absolute Gasteiger partial charge is 0.335 e. The van der Waals surface area contributed by atoms with E-state index in [1.165, 1.54) is 43.7 Å². The van der Waals surface area contributed by atoms with Crippen molar-refractivity contribution < 1.29 is 9.53 Å². The lowest BCUT2D eigenvalue weighted by atomic mass is 10.0. The summed E-state index contributed by atoms with van der Waals surface area (Å²) < 4.78 is 5.23. The summed E-state index contributed by atoms with van der Waals surface area (Å²) in [7, 11) is 0. The molecular weight excluding hydrogens is 348 g/mol. The quantitative estimate of drug-likeness (QED) is 0.246. The van der Waals surface area contributed by atoms with Crippen LogP contribution in [0, 0.1) is 0 Å². The summed E-state index contributed by atoms with van der Waals surface area (Å²) in [5.74, 6) is 0.598. The zero-order chi connectivity index (χ0) is 20.0. The fourth-order valence-electron chi connectivity index (χ4n) is 2.92. The minimum Gasteiger partial charge on any atom is -0.420 e. The van der Waals surface area contributed by atoms with E-state index in [1.807, 2.05) is 6.08 Å². The van der Waals surface area contributed by atoms with Gasteiger partial charge in [-0.2, -0.15) is 0 Å². The van der Waals surface area contributed by atoms with Crippen LogP contribution in [0.15, 0.2) is 48.8 Å². The average molecular weight is 381 g/mol. The highest BCUT2D eigenvalue weighted by Crippen LogP contribution is 2.18. The Morgan fingerprint density at radius 1 is 0.929 bits per heavy atom. The van der Waals surface area contributed by atoms with Crippen molar-refractivity contribution in [3.8, 4) is 17.1 Å². The number of rotatable bonds is 12. The molecule has 4 nitrogen and oxygen atoms in total. The molecule has 0 atom stereocenters. The molecule has 2 aromatic rings. The second-order valence-corrected chi connectivity index (χ2v) is 7.07. The number of aromatic nitrogens is 2. The lowest BCUT2D eigenvalue weighted by Gasteiger charge is -2.05. The highest BCUT2D eigenvalue weighted by atomic mass is 16.5. The summed E-state index contributed by atoms with van der Waals surface area (Å²) in [5.41, 5.74) is 2.31. The third-order valence-corrected chi connectivity index (χ3v) is 4.61. The number of nitrogens with zero attached hydrogens (tertiary/aromatic N) is 2. The zero-order valence-electron chi connectivity index (χ0n) is 17.2. The number of ether oxygens (including phenoxy) is 1. The van der Waals surface area contributed by atoms with Crippen molar-refractivity contribution in [1.29, 1.82) is 0 Å². The van der Waals surface area contributed by atoms with E-state index >= 15 is 0 Å². The fourth-order valence-corrected chi connectivity index (χ4v) is 2.92. The minimum atomic E-state index is -0.393. The molecule has 2 rings (SSSR count). The van der Waals surface area contributed by atoms with E-state index in [0.29, 0.717) is 11.6 Å². The van der Waals surface area contributed by atoms with Crippen LogP contribution in [0.1, 0.15) is 70.8 Å². The maximum atomic E-state index is 11.7. The fraction of sp³-hybridized carbons (Fsp3) is 0.458. The van der Waals surface area contributed by atoms with E-state index in [4.69, 9.17) is 4.74 Å². The van der Waals surface area contributed by atoms with Crippen LogP contribution in [0.4, 0.5) is 0 Å². The standard InChI is InChI=1S/C24H32N2O2/c1-3-5-7-9-10-12-20-14-16-21(17-15-20)24-25-18-22(19-26-24)28-23(27)13-11-8-6-4-2/h11,13-19H,3-10,12H2,1-2H3/b13-11+. The summed E-state index contributed by atoms with van der Waals surface area (Å²) in [6.07, 6.45) is 17.0. The molecule has 0 amide bonds. The Morgan fingerprint density at radius 2 is 1.61 bits per heavy atom. The first kappa shape index (κ1) is 21.8. The topological polar surface area (TPSA) is 52.1 Å². The molecule has 1 aromatic heterocycles. The number of allylic oxidation sites excluding steroid dienone is 1. The molecule has 0 aliphatic heterocycles. The third-order valence-electron chi connectivity index (χ3n) is 4.61. The highest BCUT2D eigenvalue weighted by molar-refractivity contribution is 5.83. The number of carbonyl (C=O) groups excluding carboxylic acids is 1. The van der Waals surface area contributed by atoms with Crippen LogP contribution in [-0.2, 0) is 11.2 Å². The Bertz CT molecular complexity index is 721. The van der Waals surface area contributed by atoms with Crippen molar-refractivity contribution in [2.45, 2.75) is 71.6 Å². The first-order valence-corrected chi connectivity index (χ1v) is 10.5. The van der Waals surface area contributed by atoms with Crippen molar-refractivity contribution in [3.63, 3.8) is 0 Å². The third kappa shape index (κ3) is 8.03. The summed E-state index contributed by atoms with van der Waals surface area (Å²) in [6, 6.07) is 8.40. The lowest BCUT2D eigenvalue weighted by molar-refractivity contribution is -0.129. The van der Waals surface area contributed by atoms with E-state index < -0.39 is 5.97 Å². The number of carbonyl (C=O) groups is 1. The van der Waals surface area contributed by atoms with Crippen LogP contribution >= 0.6 is 0 Å². The van der Waals surface area contributed by atoms with Gasteiger partial charge in [0.2, 0.25) is 0 Å². The molecule has 0 fully saturated rings. The summed E-state index contributed by atoms with van der Waals surface area (Å²) in [6.45, 7) is 4.36. The summed E-state index contributed by atoms with van der Waals surface area (Å²) >= 11 is 0. The maximum absolute atomic E-state index is 11.7. The highest BCUT2D eigenvalue weighted by Gasteiger charge is 2.05. The molecule has 0 N–H and O–H groups in total. The molecule has 0 aliphatic rings. The predicted molar refractivity (Wildman–Crippen MR) is 114 cm³/mol. The predicted octanol–water partition coefficient (Wildman–Crippen LogP) is 6.31. The van der Waals surface area contributed by atoms with E-state index in [2.05, 4.69) is 48.1 Å². The van der Waals surface area contributed by atoms with Gasteiger partial charge in [0.15, 0.2) is 11.6 Å². The van der Waals surface area contributed by atoms with Crippen LogP contribution in [-0.4, -0.2) is 15.9 Å². The molecule has 1 heterocycles. The van der Waals surface area contributed by atoms with Gasteiger partial charge in [-0.1, -0.05) is 82.7 Å². The van der Waals surface area contributed by atoms with Crippen molar-refractivity contribution >= 4 is 5.97 Å². The SMILES string of the molecule is CCCC/C=C/C(=O)Oc1cnc(-c2ccc(CCCCCCC)cc2)nc1. The van der Waals surface area contributed by atoms with Crippen LogP contribution in [0.5, 0.6) is 5.75 Å². The van der Waals surface area contributed by atoms with Gasteiger partial charge in [0, 0.05) is 11.6 Å². The van der Waals surface area contributed by atoms with E-state index in [-0.39, 0.29) is 0 Å². The monoisotopic (exact) mass is 380 g/mol. The first-order valence-electron chi connectivity index (χ1n) is 10.5. The van der Waals surface area contributed by atoms with Crippen molar-refractivity contribution in [1.82, 2.24) is 9.97 Å². The number of hydrogen-bond acceptors (Lipinski definition) is 4. The first-order chi connectivity index (χ1) is 13.7. The molecule has 1 aromatic carbocycles. The number of hydrogen-bond donors (Lipinski definition) is 0. The number of esters is 1. The molecule has 28 heavy (non-hydrogen) atoms. The second-order valence-electron chi connectivity index (χ2n) is 7.07. The van der Waals surface area contributed by atoms with Gasteiger partial charge in [-0.15, -0.1) is 0 Å². The normalized spacial score (nSPS) is 11.1. The maximum Gasteiger partial charge on any atom is 0.335 e. The van der Waals surface area contributed by atoms with Gasteiger partial charge >= 0.3 is 5.97 Å². The summed E-state index contributed by atoms with van der Waals surface area (Å²) in [5, 5.41) is 0. The Balaban J connectivity index is 1.83. The van der Waals surface area contributed by atoms with Crippen LogP contribution in [0.2, 0.25) is 0 Å². The molecule has 0 unspecified atom stereocenters. The molecule has 0 spiro atoms. The average Bonchev–Trinajstić information content (AvgIpc) is 2.72. The number of aryl methyl sites for hydroxylation is 1. The van der Waals surface area contributed by atoms with Gasteiger partial charge < -0.3 is 4.74 Å². The van der Waals surface area contributed by atoms with Crippen LogP contribution in [0.25, 0.3) is 11.4 Å². The Labute approximate surface area is 169 Å². The largest absolute Gasteiger partial charge is 0.420 e. The van der Waals surface area contributed by atoms with Gasteiger partial charge in [-0.3, -0.25) is 0 Å². The molecule has 0 saturated carbocycles. The Kier molecular flexibility index (Phi) is 9.98. The van der Waals surface area contributed by atoms with Gasteiger partial charge in [0.05, 0.1) is 12.4 Å². The summed E-state index contributed by atoms with van der Waals surface area (Å²) in [4.78, 5) is 20.4. The molecular formula is C24H32N2O2. The van der Waals surface area contributed by atoms with Gasteiger partial charge in [0.25, 0.3) is 0 Å². The van der Waals surface area contributed by atoms with Crippen molar-refractivity contribution in [2.24, 2.45) is 0 Å². The molecule has 0 radical (unpaired) electrons. The van der Waals surface area contributed by atoms with Crippen molar-refractivity contribution in [2.75, 3.05) is 0 Å². The molecule has 4 heteroatoms. The second kappa shape index (κ2) is 12.8. The minimum absolute atomic E-state index is 0.359. The van der Waals surface area contributed by atoms with Crippen molar-refractivity contribution in [3.05, 3.63) is 54.4 Å². The van der Waals surface area contributed by atoms with Gasteiger partial charge in [-0.05, 0) is 24.8 Å². The molecule has 0 aliphatic carbocycles. The molecule has 150 valence electrons. The van der Waals surface area contributed by atoms with Gasteiger partial charge in [0.1, 0.15) is 0 Å². The zero-order valence-corrected chi connectivity index (χ0v) is 17.2.